The first-order valence-electron chi connectivity index (χ1n) is 10.2. The molecule has 0 spiro atoms. The van der Waals surface area contributed by atoms with Crippen LogP contribution < -0.4 is 10.6 Å². The average Bonchev–Trinajstić information content (AvgIpc) is 3.60. The summed E-state index contributed by atoms with van der Waals surface area (Å²) in [5, 5.41) is 16.0. The summed E-state index contributed by atoms with van der Waals surface area (Å²) in [4.78, 5) is 24.7. The minimum absolute atomic E-state index is 0.0903. The van der Waals surface area contributed by atoms with Gasteiger partial charge in [0.1, 0.15) is 17.3 Å². The molecule has 0 atom stereocenters. The van der Waals surface area contributed by atoms with Crippen LogP contribution >= 0.6 is 0 Å². The number of hydrogen-bond acceptors (Lipinski definition) is 6. The Bertz CT molecular complexity index is 917. The van der Waals surface area contributed by atoms with E-state index in [1.54, 1.807) is 24.3 Å². The van der Waals surface area contributed by atoms with E-state index in [2.05, 4.69) is 10.6 Å². The smallest absolute Gasteiger partial charge is 0.186 e. The molecule has 0 saturated heterocycles. The Hall–Kier alpha value is -3.19. The number of Topliss-reactive ketones (excluding diaryl/α,β-unsaturated/α-hetero) is 1. The third-order valence-corrected chi connectivity index (χ3v) is 4.14. The lowest BCUT2D eigenvalue weighted by Crippen LogP contribution is -2.32. The van der Waals surface area contributed by atoms with Crippen molar-refractivity contribution in [2.75, 3.05) is 26.5 Å². The molecule has 0 aromatic heterocycles. The molecule has 4 rings (SSSR count). The first kappa shape index (κ1) is 24.1. The molecule has 31 heavy (non-hydrogen) atoms. The molecule has 0 heterocycles. The minimum atomic E-state index is -0.301. The van der Waals surface area contributed by atoms with Crippen LogP contribution in [-0.2, 0) is 11.3 Å². The molecule has 0 aliphatic heterocycles. The van der Waals surface area contributed by atoms with E-state index in [0.29, 0.717) is 29.9 Å². The molecule has 166 valence electrons. The molecule has 2 aromatic carbocycles. The van der Waals surface area contributed by atoms with Crippen molar-refractivity contribution in [2.24, 2.45) is 0 Å². The molecular formula is C24H30FN3O3. The van der Waals surface area contributed by atoms with Gasteiger partial charge in [0.05, 0.1) is 17.7 Å². The van der Waals surface area contributed by atoms with Crippen LogP contribution in [0, 0.1) is 5.82 Å². The molecule has 0 amide bonds. The summed E-state index contributed by atoms with van der Waals surface area (Å²) in [5.41, 5.74) is 2.39. The van der Waals surface area contributed by atoms with Gasteiger partial charge < -0.3 is 20.6 Å². The maximum absolute atomic E-state index is 12.9. The Morgan fingerprint density at radius 3 is 2.19 bits per heavy atom. The number of carbonyl (C=O) groups is 2. The Balaban J connectivity index is 0.000000419. The van der Waals surface area contributed by atoms with E-state index >= 15 is 0 Å². The van der Waals surface area contributed by atoms with Crippen molar-refractivity contribution in [2.45, 2.75) is 32.2 Å². The first-order chi connectivity index (χ1) is 14.8. The van der Waals surface area contributed by atoms with Gasteiger partial charge in [-0.05, 0) is 51.0 Å². The second kappa shape index (κ2) is 11.9. The summed E-state index contributed by atoms with van der Waals surface area (Å²) in [5.74, 6) is -0.588. The molecule has 0 bridgehead atoms. The van der Waals surface area contributed by atoms with Crippen LogP contribution in [0.25, 0.3) is 0 Å². The van der Waals surface area contributed by atoms with Gasteiger partial charge in [0, 0.05) is 12.2 Å². The predicted molar refractivity (Wildman–Crippen MR) is 120 cm³/mol. The van der Waals surface area contributed by atoms with Gasteiger partial charge in [-0.15, -0.1) is 0 Å². The van der Waals surface area contributed by atoms with Crippen LogP contribution in [-0.4, -0.2) is 43.2 Å². The quantitative estimate of drug-likeness (QED) is 0.476. The van der Waals surface area contributed by atoms with E-state index in [4.69, 9.17) is 0 Å². The van der Waals surface area contributed by atoms with Gasteiger partial charge in [-0.1, -0.05) is 37.5 Å². The minimum Gasteiger partial charge on any atom is -0.505 e. The average molecular weight is 428 g/mol. The highest BCUT2D eigenvalue weighted by Gasteiger charge is 2.28. The van der Waals surface area contributed by atoms with Crippen molar-refractivity contribution >= 4 is 17.8 Å². The van der Waals surface area contributed by atoms with Crippen molar-refractivity contribution in [1.82, 2.24) is 10.2 Å². The summed E-state index contributed by atoms with van der Waals surface area (Å²) in [7, 11) is 6.00. The Kier molecular flexibility index (Phi) is 9.21. The van der Waals surface area contributed by atoms with Gasteiger partial charge in [-0.25, -0.2) is 4.39 Å². The molecule has 1 fully saturated rings. The molecule has 0 radical (unpaired) electrons. The number of benzene rings is 2. The van der Waals surface area contributed by atoms with Gasteiger partial charge in [0.15, 0.2) is 12.1 Å². The van der Waals surface area contributed by atoms with Crippen LogP contribution in [0.5, 0.6) is 5.75 Å². The molecule has 7 heteroatoms. The molecule has 2 aliphatic carbocycles. The number of nitrogens with zero attached hydrogens (tertiary/aromatic N) is 1. The number of ketones is 1. The number of nitrogens with one attached hydrogen (secondary N) is 2. The first-order valence-corrected chi connectivity index (χ1v) is 10.2. The zero-order chi connectivity index (χ0) is 22.8. The lowest BCUT2D eigenvalue weighted by molar-refractivity contribution is -0.116. The number of aromatic hydroxyl groups is 1. The van der Waals surface area contributed by atoms with E-state index in [0.717, 1.165) is 5.56 Å². The fourth-order valence-electron chi connectivity index (χ4n) is 2.40. The second-order valence-electron chi connectivity index (χ2n) is 7.82. The maximum atomic E-state index is 12.9. The highest BCUT2D eigenvalue weighted by atomic mass is 19.1. The number of phenolic OH excluding ortho intramolecular Hbond substituents is 1. The third-order valence-electron chi connectivity index (χ3n) is 4.14. The zero-order valence-electron chi connectivity index (χ0n) is 18.2. The molecule has 2 aliphatic rings. The number of allylic oxidation sites excluding steroid dienone is 2. The molecular weight excluding hydrogens is 397 g/mol. The maximum Gasteiger partial charge on any atom is 0.186 e. The van der Waals surface area contributed by atoms with Crippen molar-refractivity contribution < 1.29 is 19.1 Å². The Labute approximate surface area is 182 Å². The highest BCUT2D eigenvalue weighted by Crippen LogP contribution is 2.31. The summed E-state index contributed by atoms with van der Waals surface area (Å²) >= 11 is 0. The number of aldehydes is 1. The highest BCUT2D eigenvalue weighted by molar-refractivity contribution is 6.07. The van der Waals surface area contributed by atoms with Crippen LogP contribution in [0.2, 0.25) is 0 Å². The molecule has 2 aromatic rings. The zero-order valence-corrected chi connectivity index (χ0v) is 18.2. The molecule has 3 N–H and O–H groups in total. The summed E-state index contributed by atoms with van der Waals surface area (Å²) in [6.45, 7) is 0.453. The van der Waals surface area contributed by atoms with E-state index in [1.165, 1.54) is 37.5 Å². The van der Waals surface area contributed by atoms with Gasteiger partial charge in [-0.3, -0.25) is 9.59 Å². The van der Waals surface area contributed by atoms with Crippen molar-refractivity contribution in [3.8, 4) is 5.75 Å². The van der Waals surface area contributed by atoms with Crippen molar-refractivity contribution in [3.05, 3.63) is 70.8 Å². The van der Waals surface area contributed by atoms with E-state index in [1.807, 2.05) is 26.0 Å². The number of anilines is 1. The number of phenols is 1. The SMILES string of the molecule is C1CC1.CN(C)C.O=Cc1cccc(NC2=C(NCc3ccc(F)cc3)CC2=O)c1O. The second-order valence-corrected chi connectivity index (χ2v) is 7.82. The number of halogens is 1. The fraction of sp³-hybridized carbons (Fsp3) is 0.333. The van der Waals surface area contributed by atoms with Crippen LogP contribution in [0.4, 0.5) is 10.1 Å². The summed E-state index contributed by atoms with van der Waals surface area (Å²) in [6, 6.07) is 10.8. The standard InChI is InChI=1S/C18H15FN2O3.C3H9N.C3H6/c19-13-6-4-11(5-7-13)9-20-15-8-16(23)17(15)21-14-3-1-2-12(10-22)18(14)24;1-4(2)3;1-2-3-1/h1-7,10,20-21,24H,8-9H2;1-3H3;1-3H2. The van der Waals surface area contributed by atoms with E-state index in [-0.39, 0.29) is 29.3 Å². The van der Waals surface area contributed by atoms with Crippen LogP contribution in [0.3, 0.4) is 0 Å². The predicted octanol–water partition coefficient (Wildman–Crippen LogP) is 4.08. The Morgan fingerprint density at radius 1 is 1.06 bits per heavy atom. The summed E-state index contributed by atoms with van der Waals surface area (Å²) in [6.07, 6.45) is 5.31. The number of rotatable bonds is 6. The van der Waals surface area contributed by atoms with Crippen LogP contribution in [0.1, 0.15) is 41.6 Å². The lowest BCUT2D eigenvalue weighted by atomic mass is 9.98. The molecule has 1 saturated carbocycles. The lowest BCUT2D eigenvalue weighted by Gasteiger charge is -2.25. The van der Waals surface area contributed by atoms with Gasteiger partial charge in [0.2, 0.25) is 0 Å². The summed E-state index contributed by atoms with van der Waals surface area (Å²) < 4.78 is 12.9. The van der Waals surface area contributed by atoms with Crippen molar-refractivity contribution in [1.29, 1.82) is 0 Å². The van der Waals surface area contributed by atoms with Gasteiger partial charge in [-0.2, -0.15) is 0 Å². The monoisotopic (exact) mass is 427 g/mol. The van der Waals surface area contributed by atoms with E-state index < -0.39 is 0 Å². The van der Waals surface area contributed by atoms with Gasteiger partial charge >= 0.3 is 0 Å². The number of para-hydroxylation sites is 1. The largest absolute Gasteiger partial charge is 0.505 e. The fourth-order valence-corrected chi connectivity index (χ4v) is 2.40. The van der Waals surface area contributed by atoms with E-state index in [9.17, 15) is 19.1 Å². The van der Waals surface area contributed by atoms with Gasteiger partial charge in [0.25, 0.3) is 0 Å². The topological polar surface area (TPSA) is 81.7 Å². The molecule has 0 unspecified atom stereocenters. The Morgan fingerprint density at radius 2 is 1.68 bits per heavy atom. The number of carbonyl (C=O) groups excluding carboxylic acids is 2. The number of hydrogen-bond donors (Lipinski definition) is 3. The van der Waals surface area contributed by atoms with Crippen LogP contribution in [0.15, 0.2) is 53.9 Å². The normalized spacial score (nSPS) is 13.9. The third kappa shape index (κ3) is 8.22. The van der Waals surface area contributed by atoms with Crippen molar-refractivity contribution in [3.63, 3.8) is 0 Å². The molecule has 6 nitrogen and oxygen atoms in total.